The lowest BCUT2D eigenvalue weighted by atomic mass is 10.5. The summed E-state index contributed by atoms with van der Waals surface area (Å²) in [5, 5.41) is 0. The minimum Gasteiger partial charge on any atom is -1.00 e. The molecular weight excluding hydrogens is 249 g/mol. The van der Waals surface area contributed by atoms with Gasteiger partial charge in [0.2, 0.25) is 6.36 Å². The van der Waals surface area contributed by atoms with Gasteiger partial charge in [0.05, 0.1) is 27.7 Å². The zero-order valence-electron chi connectivity index (χ0n) is 8.98. The zero-order valence-corrected chi connectivity index (χ0v) is 10.6. The van der Waals surface area contributed by atoms with Crippen LogP contribution in [-0.4, -0.2) is 63.9 Å². The standard InChI is InChI=1S/C7H16FNO4S.ClH/c1-9(2,3)4-5-13-7(8)6-14(10,11)12;/h7H,4-6H2,1-3H3;1H. The van der Waals surface area contributed by atoms with E-state index in [4.69, 9.17) is 4.55 Å². The van der Waals surface area contributed by atoms with Crippen LogP contribution >= 0.6 is 0 Å². The van der Waals surface area contributed by atoms with Gasteiger partial charge in [-0.25, -0.2) is 4.39 Å². The number of quaternary nitrogens is 1. The van der Waals surface area contributed by atoms with Crippen LogP contribution in [0.1, 0.15) is 0 Å². The van der Waals surface area contributed by atoms with Gasteiger partial charge in [-0.15, -0.1) is 0 Å². The Morgan fingerprint density at radius 3 is 2.20 bits per heavy atom. The first kappa shape index (κ1) is 17.4. The molecule has 0 saturated carbocycles. The minimum absolute atomic E-state index is 0. The predicted octanol–water partition coefficient (Wildman–Crippen LogP) is -3.10. The topological polar surface area (TPSA) is 63.6 Å². The molecule has 0 radical (unpaired) electrons. The van der Waals surface area contributed by atoms with E-state index in [1.165, 1.54) is 0 Å². The van der Waals surface area contributed by atoms with Gasteiger partial charge in [0.1, 0.15) is 12.3 Å². The summed E-state index contributed by atoms with van der Waals surface area (Å²) < 4.78 is 46.6. The highest BCUT2D eigenvalue weighted by molar-refractivity contribution is 7.85. The fourth-order valence-electron chi connectivity index (χ4n) is 0.668. The van der Waals surface area contributed by atoms with Gasteiger partial charge in [-0.1, -0.05) is 0 Å². The molecule has 1 atom stereocenters. The van der Waals surface area contributed by atoms with Crippen molar-refractivity contribution < 1.29 is 39.0 Å². The average molecular weight is 266 g/mol. The molecule has 1 unspecified atom stereocenters. The van der Waals surface area contributed by atoms with Gasteiger partial charge in [0.25, 0.3) is 10.1 Å². The third kappa shape index (κ3) is 14.1. The third-order valence-corrected chi connectivity index (χ3v) is 2.09. The number of likely N-dealkylation sites (N-methyl/N-ethyl adjacent to an activating group) is 1. The van der Waals surface area contributed by atoms with Gasteiger partial charge >= 0.3 is 0 Å². The van der Waals surface area contributed by atoms with Gasteiger partial charge < -0.3 is 21.6 Å². The molecule has 0 aliphatic carbocycles. The van der Waals surface area contributed by atoms with Crippen LogP contribution < -0.4 is 12.4 Å². The molecule has 1 N–H and O–H groups in total. The molecule has 5 nitrogen and oxygen atoms in total. The van der Waals surface area contributed by atoms with Crippen molar-refractivity contribution in [1.29, 1.82) is 0 Å². The molecular formula is C7H17ClFNO4S. The molecule has 8 heteroatoms. The molecule has 0 aliphatic rings. The first-order chi connectivity index (χ1) is 6.10. The minimum atomic E-state index is -4.29. The molecule has 0 fully saturated rings. The van der Waals surface area contributed by atoms with Crippen molar-refractivity contribution in [3.63, 3.8) is 0 Å². The summed E-state index contributed by atoms with van der Waals surface area (Å²) in [7, 11) is 1.41. The SMILES string of the molecule is C[N+](C)(C)CCOC(F)CS(=O)(=O)O.[Cl-]. The molecule has 0 heterocycles. The first-order valence-corrected chi connectivity index (χ1v) is 5.72. The molecule has 0 aromatic carbocycles. The molecule has 0 aromatic heterocycles. The van der Waals surface area contributed by atoms with Crippen LogP contribution in [-0.2, 0) is 14.9 Å². The Balaban J connectivity index is 0. The Morgan fingerprint density at radius 2 is 1.87 bits per heavy atom. The van der Waals surface area contributed by atoms with Gasteiger partial charge in [0.15, 0.2) is 0 Å². The predicted molar refractivity (Wildman–Crippen MR) is 50.2 cm³/mol. The second-order valence-electron chi connectivity index (χ2n) is 4.04. The van der Waals surface area contributed by atoms with E-state index in [2.05, 4.69) is 4.74 Å². The summed E-state index contributed by atoms with van der Waals surface area (Å²) >= 11 is 0. The zero-order chi connectivity index (χ0) is 11.4. The van der Waals surface area contributed by atoms with Crippen molar-refractivity contribution in [2.24, 2.45) is 0 Å². The highest BCUT2D eigenvalue weighted by Crippen LogP contribution is 1.99. The summed E-state index contributed by atoms with van der Waals surface area (Å²) in [5.41, 5.74) is 0. The highest BCUT2D eigenvalue weighted by atomic mass is 35.5. The van der Waals surface area contributed by atoms with Crippen LogP contribution in [0.25, 0.3) is 0 Å². The van der Waals surface area contributed by atoms with Gasteiger partial charge in [-0.2, -0.15) is 8.42 Å². The molecule has 94 valence electrons. The average Bonchev–Trinajstić information content (AvgIpc) is 1.78. The van der Waals surface area contributed by atoms with Crippen LogP contribution in [0.2, 0.25) is 0 Å². The van der Waals surface area contributed by atoms with Crippen molar-refractivity contribution >= 4 is 10.1 Å². The Morgan fingerprint density at radius 1 is 1.40 bits per heavy atom. The van der Waals surface area contributed by atoms with Crippen molar-refractivity contribution in [3.05, 3.63) is 0 Å². The lowest BCUT2D eigenvalue weighted by Gasteiger charge is -2.23. The molecule has 0 spiro atoms. The first-order valence-electron chi connectivity index (χ1n) is 4.11. The summed E-state index contributed by atoms with van der Waals surface area (Å²) in [6, 6.07) is 0. The molecule has 0 saturated heterocycles. The second-order valence-corrected chi connectivity index (χ2v) is 5.54. The van der Waals surface area contributed by atoms with Crippen LogP contribution in [0.3, 0.4) is 0 Å². The Hall–Kier alpha value is 0.0500. The maximum Gasteiger partial charge on any atom is 0.270 e. The molecule has 0 rings (SSSR count). The molecule has 0 aromatic rings. The quantitative estimate of drug-likeness (QED) is 0.408. The Labute approximate surface area is 96.0 Å². The van der Waals surface area contributed by atoms with E-state index in [-0.39, 0.29) is 19.0 Å². The van der Waals surface area contributed by atoms with E-state index in [1.807, 2.05) is 21.1 Å². The van der Waals surface area contributed by atoms with E-state index in [0.29, 0.717) is 11.0 Å². The number of hydrogen-bond donors (Lipinski definition) is 1. The fraction of sp³-hybridized carbons (Fsp3) is 1.00. The van der Waals surface area contributed by atoms with Crippen LogP contribution in [0.5, 0.6) is 0 Å². The van der Waals surface area contributed by atoms with E-state index in [1.54, 1.807) is 0 Å². The van der Waals surface area contributed by atoms with Crippen LogP contribution in [0, 0.1) is 0 Å². The van der Waals surface area contributed by atoms with Crippen LogP contribution in [0.4, 0.5) is 4.39 Å². The normalized spacial score (nSPS) is 14.5. The largest absolute Gasteiger partial charge is 1.00 e. The maximum atomic E-state index is 12.7. The van der Waals surface area contributed by atoms with Crippen molar-refractivity contribution in [2.75, 3.05) is 40.0 Å². The lowest BCUT2D eigenvalue weighted by Crippen LogP contribution is -3.00. The Kier molecular flexibility index (Phi) is 7.67. The summed E-state index contributed by atoms with van der Waals surface area (Å²) in [6.07, 6.45) is -1.96. The van der Waals surface area contributed by atoms with Crippen molar-refractivity contribution in [1.82, 2.24) is 0 Å². The van der Waals surface area contributed by atoms with Crippen molar-refractivity contribution in [2.45, 2.75) is 6.36 Å². The number of hydrogen-bond acceptors (Lipinski definition) is 3. The summed E-state index contributed by atoms with van der Waals surface area (Å²) in [6.45, 7) is 0.673. The molecule has 0 aliphatic heterocycles. The summed E-state index contributed by atoms with van der Waals surface area (Å²) in [5.74, 6) is -1.01. The number of rotatable bonds is 6. The van der Waals surface area contributed by atoms with Crippen LogP contribution in [0.15, 0.2) is 0 Å². The van der Waals surface area contributed by atoms with Gasteiger partial charge in [-0.3, -0.25) is 4.55 Å². The molecule has 0 bridgehead atoms. The Bertz CT molecular complexity index is 265. The number of nitrogens with zero attached hydrogens (tertiary/aromatic N) is 1. The van der Waals surface area contributed by atoms with E-state index in [9.17, 15) is 12.8 Å². The molecule has 0 amide bonds. The number of alkyl halides is 1. The molecule has 15 heavy (non-hydrogen) atoms. The fourth-order valence-corrected chi connectivity index (χ4v) is 1.10. The lowest BCUT2D eigenvalue weighted by molar-refractivity contribution is -0.870. The van der Waals surface area contributed by atoms with E-state index in [0.717, 1.165) is 0 Å². The monoisotopic (exact) mass is 265 g/mol. The van der Waals surface area contributed by atoms with Crippen molar-refractivity contribution in [3.8, 4) is 0 Å². The van der Waals surface area contributed by atoms with Gasteiger partial charge in [-0.05, 0) is 0 Å². The van der Waals surface area contributed by atoms with E-state index < -0.39 is 22.2 Å². The smallest absolute Gasteiger partial charge is 0.270 e. The van der Waals surface area contributed by atoms with E-state index >= 15 is 0 Å². The highest BCUT2D eigenvalue weighted by Gasteiger charge is 2.17. The van der Waals surface area contributed by atoms with Gasteiger partial charge in [0, 0.05) is 0 Å². The second kappa shape index (κ2) is 6.59. The number of ether oxygens (including phenoxy) is 1. The number of halogens is 2. The third-order valence-electron chi connectivity index (χ3n) is 1.40. The summed E-state index contributed by atoms with van der Waals surface area (Å²) in [4.78, 5) is 0. The maximum absolute atomic E-state index is 12.7.